The van der Waals surface area contributed by atoms with Crippen LogP contribution in [0.2, 0.25) is 5.02 Å². The van der Waals surface area contributed by atoms with Crippen molar-refractivity contribution in [3.8, 4) is 0 Å². The second-order valence-electron chi connectivity index (χ2n) is 4.34. The van der Waals surface area contributed by atoms with Crippen molar-refractivity contribution < 1.29 is 9.90 Å². The number of rotatable bonds is 3. The first-order valence-corrected chi connectivity index (χ1v) is 5.41. The Bertz CT molecular complexity index is 373. The molecule has 0 aliphatic carbocycles. The number of aliphatic hydroxyl groups is 1. The number of halogens is 1. The first-order valence-electron chi connectivity index (χ1n) is 5.03. The molecule has 0 saturated heterocycles. The van der Waals surface area contributed by atoms with E-state index in [1.807, 2.05) is 0 Å². The predicted molar refractivity (Wildman–Crippen MR) is 64.7 cm³/mol. The van der Waals surface area contributed by atoms with Crippen LogP contribution in [0, 0.1) is 0 Å². The lowest BCUT2D eigenvalue weighted by Crippen LogP contribution is -2.47. The second-order valence-corrected chi connectivity index (χ2v) is 4.78. The van der Waals surface area contributed by atoms with Crippen LogP contribution in [0.15, 0.2) is 24.3 Å². The minimum absolute atomic E-state index is 0.0805. The molecule has 1 amide bonds. The van der Waals surface area contributed by atoms with Gasteiger partial charge in [-0.15, -0.1) is 0 Å². The zero-order valence-electron chi connectivity index (χ0n) is 9.70. The molecule has 0 spiro atoms. The van der Waals surface area contributed by atoms with Crippen LogP contribution in [0.25, 0.3) is 0 Å². The molecule has 1 rings (SSSR count). The summed E-state index contributed by atoms with van der Waals surface area (Å²) in [7, 11) is 1.67. The van der Waals surface area contributed by atoms with E-state index in [0.29, 0.717) is 10.6 Å². The lowest BCUT2D eigenvalue weighted by Gasteiger charge is -2.34. The predicted octanol–water partition coefficient (Wildman–Crippen LogP) is 2.18. The Labute approximate surface area is 101 Å². The lowest BCUT2D eigenvalue weighted by molar-refractivity contribution is 0.0473. The molecule has 1 aromatic carbocycles. The Morgan fingerprint density at radius 3 is 2.31 bits per heavy atom. The van der Waals surface area contributed by atoms with Crippen LogP contribution in [-0.2, 0) is 0 Å². The molecule has 0 bridgehead atoms. The summed E-state index contributed by atoms with van der Waals surface area (Å²) in [5.74, 6) is -0.129. The van der Waals surface area contributed by atoms with Crippen molar-refractivity contribution in [3.05, 3.63) is 34.9 Å². The van der Waals surface area contributed by atoms with E-state index in [9.17, 15) is 9.90 Å². The minimum atomic E-state index is -0.573. The number of amides is 1. The van der Waals surface area contributed by atoms with E-state index in [2.05, 4.69) is 0 Å². The number of nitrogens with zero attached hydrogens (tertiary/aromatic N) is 1. The zero-order chi connectivity index (χ0) is 12.3. The highest BCUT2D eigenvalue weighted by atomic mass is 35.5. The van der Waals surface area contributed by atoms with Gasteiger partial charge in [-0.05, 0) is 38.1 Å². The van der Waals surface area contributed by atoms with E-state index in [-0.39, 0.29) is 12.5 Å². The molecule has 4 heteroatoms. The summed E-state index contributed by atoms with van der Waals surface area (Å²) in [6.07, 6.45) is 0. The summed E-state index contributed by atoms with van der Waals surface area (Å²) in [5, 5.41) is 9.79. The van der Waals surface area contributed by atoms with Crippen molar-refractivity contribution in [2.75, 3.05) is 13.7 Å². The number of carbonyl (C=O) groups excluding carboxylic acids is 1. The fourth-order valence-electron chi connectivity index (χ4n) is 1.17. The molecular weight excluding hydrogens is 226 g/mol. The molecule has 0 atom stereocenters. The molecule has 0 aliphatic heterocycles. The van der Waals surface area contributed by atoms with Gasteiger partial charge in [0.05, 0.1) is 12.1 Å². The van der Waals surface area contributed by atoms with Crippen LogP contribution in [0.4, 0.5) is 0 Å². The van der Waals surface area contributed by atoms with E-state index in [1.54, 1.807) is 45.2 Å². The lowest BCUT2D eigenvalue weighted by atomic mass is 10.0. The van der Waals surface area contributed by atoms with Crippen molar-refractivity contribution in [2.24, 2.45) is 0 Å². The third-order valence-corrected chi connectivity index (χ3v) is 2.94. The Kier molecular flexibility index (Phi) is 3.94. The molecule has 16 heavy (non-hydrogen) atoms. The summed E-state index contributed by atoms with van der Waals surface area (Å²) >= 11 is 5.75. The van der Waals surface area contributed by atoms with E-state index in [4.69, 9.17) is 11.6 Å². The largest absolute Gasteiger partial charge is 0.394 e. The molecule has 0 saturated carbocycles. The van der Waals surface area contributed by atoms with E-state index < -0.39 is 5.54 Å². The highest BCUT2D eigenvalue weighted by Gasteiger charge is 2.27. The maximum absolute atomic E-state index is 12.0. The van der Waals surface area contributed by atoms with Gasteiger partial charge in [0.2, 0.25) is 0 Å². The monoisotopic (exact) mass is 241 g/mol. The summed E-state index contributed by atoms with van der Waals surface area (Å²) in [6.45, 7) is 3.53. The van der Waals surface area contributed by atoms with Crippen LogP contribution >= 0.6 is 11.6 Å². The van der Waals surface area contributed by atoms with Crippen molar-refractivity contribution in [3.63, 3.8) is 0 Å². The highest BCUT2D eigenvalue weighted by molar-refractivity contribution is 6.30. The number of carbonyl (C=O) groups is 1. The fourth-order valence-corrected chi connectivity index (χ4v) is 1.29. The SMILES string of the molecule is CN(C(=O)c1ccc(Cl)cc1)C(C)(C)CO. The van der Waals surface area contributed by atoms with Gasteiger partial charge in [-0.1, -0.05) is 11.6 Å². The number of aliphatic hydroxyl groups excluding tert-OH is 1. The molecule has 0 heterocycles. The summed E-state index contributed by atoms with van der Waals surface area (Å²) in [4.78, 5) is 13.6. The van der Waals surface area contributed by atoms with Crippen molar-refractivity contribution >= 4 is 17.5 Å². The summed E-state index contributed by atoms with van der Waals surface area (Å²) in [6, 6.07) is 6.70. The molecule has 3 nitrogen and oxygen atoms in total. The van der Waals surface area contributed by atoms with Gasteiger partial charge >= 0.3 is 0 Å². The van der Waals surface area contributed by atoms with Gasteiger partial charge in [-0.3, -0.25) is 4.79 Å². The minimum Gasteiger partial charge on any atom is -0.394 e. The van der Waals surface area contributed by atoms with E-state index in [1.165, 1.54) is 4.90 Å². The van der Waals surface area contributed by atoms with Gasteiger partial charge in [0.15, 0.2) is 0 Å². The van der Waals surface area contributed by atoms with E-state index in [0.717, 1.165) is 0 Å². The van der Waals surface area contributed by atoms with Gasteiger partial charge in [0.25, 0.3) is 5.91 Å². The molecule has 88 valence electrons. The van der Waals surface area contributed by atoms with Crippen LogP contribution in [0.1, 0.15) is 24.2 Å². The van der Waals surface area contributed by atoms with E-state index >= 15 is 0 Å². The standard InChI is InChI=1S/C12H16ClNO2/c1-12(2,8-15)14(3)11(16)9-4-6-10(13)7-5-9/h4-7,15H,8H2,1-3H3. The number of likely N-dealkylation sites (N-methyl/N-ethyl adjacent to an activating group) is 1. The molecule has 1 N–H and O–H groups in total. The molecule has 0 fully saturated rings. The van der Waals surface area contributed by atoms with Gasteiger partial charge in [0.1, 0.15) is 0 Å². The second kappa shape index (κ2) is 4.85. The number of benzene rings is 1. The average Bonchev–Trinajstić information content (AvgIpc) is 2.28. The zero-order valence-corrected chi connectivity index (χ0v) is 10.5. The molecule has 0 radical (unpaired) electrons. The topological polar surface area (TPSA) is 40.5 Å². The Morgan fingerprint density at radius 2 is 1.88 bits per heavy atom. The molecule has 0 unspecified atom stereocenters. The number of hydrogen-bond donors (Lipinski definition) is 1. The maximum atomic E-state index is 12.0. The average molecular weight is 242 g/mol. The molecule has 0 aliphatic rings. The third kappa shape index (κ3) is 2.74. The fraction of sp³-hybridized carbons (Fsp3) is 0.417. The maximum Gasteiger partial charge on any atom is 0.254 e. The van der Waals surface area contributed by atoms with Crippen molar-refractivity contribution in [2.45, 2.75) is 19.4 Å². The Hall–Kier alpha value is -1.06. The van der Waals surface area contributed by atoms with Gasteiger partial charge in [0, 0.05) is 17.6 Å². The number of hydrogen-bond acceptors (Lipinski definition) is 2. The van der Waals surface area contributed by atoms with Gasteiger partial charge in [-0.2, -0.15) is 0 Å². The van der Waals surface area contributed by atoms with Crippen LogP contribution in [0.5, 0.6) is 0 Å². The summed E-state index contributed by atoms with van der Waals surface area (Å²) < 4.78 is 0. The van der Waals surface area contributed by atoms with Crippen LogP contribution in [-0.4, -0.2) is 35.1 Å². The van der Waals surface area contributed by atoms with Crippen LogP contribution in [0.3, 0.4) is 0 Å². The first kappa shape index (κ1) is 13.0. The van der Waals surface area contributed by atoms with Gasteiger partial charge < -0.3 is 10.0 Å². The van der Waals surface area contributed by atoms with Crippen molar-refractivity contribution in [1.82, 2.24) is 4.90 Å². The Morgan fingerprint density at radius 1 is 1.38 bits per heavy atom. The highest BCUT2D eigenvalue weighted by Crippen LogP contribution is 2.16. The normalized spacial score (nSPS) is 11.3. The molecular formula is C12H16ClNO2. The summed E-state index contributed by atoms with van der Waals surface area (Å²) in [5.41, 5.74) is -0.00934. The quantitative estimate of drug-likeness (QED) is 0.881. The van der Waals surface area contributed by atoms with Gasteiger partial charge in [-0.25, -0.2) is 0 Å². The third-order valence-electron chi connectivity index (χ3n) is 2.69. The van der Waals surface area contributed by atoms with Crippen molar-refractivity contribution in [1.29, 1.82) is 0 Å². The first-order chi connectivity index (χ1) is 7.38. The van der Waals surface area contributed by atoms with Crippen LogP contribution < -0.4 is 0 Å². The Balaban J connectivity index is 2.90. The molecule has 0 aromatic heterocycles. The smallest absolute Gasteiger partial charge is 0.254 e. The molecule has 1 aromatic rings.